The zero-order valence-electron chi connectivity index (χ0n) is 13.1. The van der Waals surface area contributed by atoms with Crippen LogP contribution in [-0.2, 0) is 4.79 Å². The number of aryl methyl sites for hydroxylation is 1. The topological polar surface area (TPSA) is 79.7 Å². The van der Waals surface area contributed by atoms with Crippen molar-refractivity contribution < 1.29 is 19.4 Å². The summed E-state index contributed by atoms with van der Waals surface area (Å²) < 4.78 is 5.18. The van der Waals surface area contributed by atoms with Gasteiger partial charge in [0.15, 0.2) is 0 Å². The fourth-order valence-corrected chi connectivity index (χ4v) is 3.01. The first kappa shape index (κ1) is 15.3. The molecule has 0 spiro atoms. The molecule has 6 nitrogen and oxygen atoms in total. The van der Waals surface area contributed by atoms with Crippen LogP contribution in [0.25, 0.3) is 10.9 Å². The Morgan fingerprint density at radius 2 is 2.13 bits per heavy atom. The van der Waals surface area contributed by atoms with Crippen LogP contribution in [0, 0.1) is 6.92 Å². The van der Waals surface area contributed by atoms with Gasteiger partial charge in [-0.15, -0.1) is 0 Å². The molecule has 1 aromatic heterocycles. The van der Waals surface area contributed by atoms with Gasteiger partial charge in [0, 0.05) is 18.0 Å². The van der Waals surface area contributed by atoms with Crippen LogP contribution in [0.1, 0.15) is 28.9 Å². The number of nitrogens with zero attached hydrogens (tertiary/aromatic N) is 2. The Bertz CT molecular complexity index is 788. The number of carboxylic acid groups (broad SMARTS) is 1. The molecule has 0 aliphatic carbocycles. The van der Waals surface area contributed by atoms with Gasteiger partial charge in [-0.05, 0) is 38.0 Å². The molecule has 1 aromatic carbocycles. The molecule has 23 heavy (non-hydrogen) atoms. The van der Waals surface area contributed by atoms with Gasteiger partial charge in [0.25, 0.3) is 5.91 Å². The number of ether oxygens (including phenoxy) is 1. The van der Waals surface area contributed by atoms with Crippen molar-refractivity contribution in [1.29, 1.82) is 0 Å². The van der Waals surface area contributed by atoms with E-state index in [1.807, 2.05) is 18.2 Å². The maximum atomic E-state index is 12.7. The number of pyridine rings is 1. The van der Waals surface area contributed by atoms with E-state index in [4.69, 9.17) is 4.74 Å². The molecule has 1 saturated heterocycles. The van der Waals surface area contributed by atoms with E-state index in [9.17, 15) is 14.7 Å². The van der Waals surface area contributed by atoms with Crippen LogP contribution in [0.3, 0.4) is 0 Å². The van der Waals surface area contributed by atoms with Crippen LogP contribution in [0.4, 0.5) is 0 Å². The number of aliphatic carboxylic acids is 1. The molecule has 1 N–H and O–H groups in total. The van der Waals surface area contributed by atoms with Crippen LogP contribution in [0.5, 0.6) is 5.75 Å². The molecule has 120 valence electrons. The first-order chi connectivity index (χ1) is 11.0. The molecule has 2 heterocycles. The predicted octanol–water partition coefficient (Wildman–Crippen LogP) is 2.24. The molecular weight excluding hydrogens is 296 g/mol. The molecular formula is C17H18N2O4. The average molecular weight is 314 g/mol. The van der Waals surface area contributed by atoms with E-state index in [-0.39, 0.29) is 5.91 Å². The largest absolute Gasteiger partial charge is 0.497 e. The zero-order valence-corrected chi connectivity index (χ0v) is 13.1. The highest BCUT2D eigenvalue weighted by atomic mass is 16.5. The first-order valence-corrected chi connectivity index (χ1v) is 7.50. The number of aromatic nitrogens is 1. The van der Waals surface area contributed by atoms with Crippen molar-refractivity contribution in [3.8, 4) is 5.75 Å². The van der Waals surface area contributed by atoms with Gasteiger partial charge in [-0.3, -0.25) is 9.78 Å². The molecule has 0 radical (unpaired) electrons. The Labute approximate surface area is 133 Å². The number of hydrogen-bond donors (Lipinski definition) is 1. The van der Waals surface area contributed by atoms with E-state index < -0.39 is 12.0 Å². The van der Waals surface area contributed by atoms with Crippen LogP contribution in [0.2, 0.25) is 0 Å². The van der Waals surface area contributed by atoms with Crippen molar-refractivity contribution in [1.82, 2.24) is 9.88 Å². The molecule has 1 aliphatic rings. The second-order valence-corrected chi connectivity index (χ2v) is 5.67. The molecule has 0 saturated carbocycles. The van der Waals surface area contributed by atoms with Gasteiger partial charge in [-0.2, -0.15) is 0 Å². The minimum absolute atomic E-state index is 0.266. The number of fused-ring (bicyclic) bond motifs is 1. The van der Waals surface area contributed by atoms with Crippen molar-refractivity contribution in [3.63, 3.8) is 0 Å². The predicted molar refractivity (Wildman–Crippen MR) is 84.7 cm³/mol. The smallest absolute Gasteiger partial charge is 0.326 e. The normalized spacial score (nSPS) is 17.5. The van der Waals surface area contributed by atoms with Crippen LogP contribution >= 0.6 is 0 Å². The highest BCUT2D eigenvalue weighted by Crippen LogP contribution is 2.25. The summed E-state index contributed by atoms with van der Waals surface area (Å²) in [5, 5.41) is 10.1. The number of hydrogen-bond acceptors (Lipinski definition) is 4. The molecule has 1 fully saturated rings. The molecule has 2 aromatic rings. The highest BCUT2D eigenvalue weighted by Gasteiger charge is 2.35. The lowest BCUT2D eigenvalue weighted by Gasteiger charge is -2.22. The van der Waals surface area contributed by atoms with E-state index in [0.717, 1.165) is 10.9 Å². The minimum Gasteiger partial charge on any atom is -0.497 e. The second kappa shape index (κ2) is 5.87. The monoisotopic (exact) mass is 314 g/mol. The molecule has 1 atom stereocenters. The van der Waals surface area contributed by atoms with E-state index >= 15 is 0 Å². The number of methoxy groups -OCH3 is 1. The summed E-state index contributed by atoms with van der Waals surface area (Å²) in [6.45, 7) is 2.23. The summed E-state index contributed by atoms with van der Waals surface area (Å²) >= 11 is 0. The Morgan fingerprint density at radius 3 is 2.83 bits per heavy atom. The standard InChI is InChI=1S/C17H18N2O4/c1-10-13(16(20)19-7-3-4-15(19)17(21)22)8-11-5-6-12(23-2)9-14(11)18-10/h5-6,8-9,15H,3-4,7H2,1-2H3,(H,21,22). The van der Waals surface area contributed by atoms with Crippen molar-refractivity contribution >= 4 is 22.8 Å². The van der Waals surface area contributed by atoms with Gasteiger partial charge in [-0.1, -0.05) is 0 Å². The Hall–Kier alpha value is -2.63. The molecule has 1 amide bonds. The summed E-state index contributed by atoms with van der Waals surface area (Å²) in [5.41, 5.74) is 1.79. The van der Waals surface area contributed by atoms with Gasteiger partial charge in [0.05, 0.1) is 23.9 Å². The second-order valence-electron chi connectivity index (χ2n) is 5.67. The summed E-state index contributed by atoms with van der Waals surface area (Å²) in [6.07, 6.45) is 1.21. The lowest BCUT2D eigenvalue weighted by atomic mass is 10.1. The van der Waals surface area contributed by atoms with Crippen LogP contribution in [-0.4, -0.2) is 46.6 Å². The average Bonchev–Trinajstić information content (AvgIpc) is 3.02. The van der Waals surface area contributed by atoms with Crippen molar-refractivity contribution in [2.75, 3.05) is 13.7 Å². The summed E-state index contributed by atoms with van der Waals surface area (Å²) in [5.74, 6) is -0.515. The maximum absolute atomic E-state index is 12.7. The van der Waals surface area contributed by atoms with E-state index in [1.54, 1.807) is 20.1 Å². The van der Waals surface area contributed by atoms with Gasteiger partial charge in [0.2, 0.25) is 0 Å². The maximum Gasteiger partial charge on any atom is 0.326 e. The third kappa shape index (κ3) is 2.72. The number of carbonyl (C=O) groups is 2. The van der Waals surface area contributed by atoms with Gasteiger partial charge >= 0.3 is 5.97 Å². The third-order valence-corrected chi connectivity index (χ3v) is 4.24. The zero-order chi connectivity index (χ0) is 16.6. The number of benzene rings is 1. The Kier molecular flexibility index (Phi) is 3.90. The third-order valence-electron chi connectivity index (χ3n) is 4.24. The van der Waals surface area contributed by atoms with Crippen LogP contribution < -0.4 is 4.74 Å². The van der Waals surface area contributed by atoms with E-state index in [1.165, 1.54) is 4.90 Å². The van der Waals surface area contributed by atoms with Gasteiger partial charge in [-0.25, -0.2) is 4.79 Å². The fourth-order valence-electron chi connectivity index (χ4n) is 3.01. The number of carboxylic acids is 1. The van der Waals surface area contributed by atoms with Gasteiger partial charge in [0.1, 0.15) is 11.8 Å². The van der Waals surface area contributed by atoms with Gasteiger partial charge < -0.3 is 14.7 Å². The summed E-state index contributed by atoms with van der Waals surface area (Å²) in [6, 6.07) is 6.50. The van der Waals surface area contributed by atoms with E-state index in [0.29, 0.717) is 36.4 Å². The molecule has 6 heteroatoms. The fraction of sp³-hybridized carbons (Fsp3) is 0.353. The lowest BCUT2D eigenvalue weighted by molar-refractivity contribution is -0.141. The molecule has 1 aliphatic heterocycles. The number of carbonyl (C=O) groups excluding carboxylic acids is 1. The molecule has 3 rings (SSSR count). The van der Waals surface area contributed by atoms with E-state index in [2.05, 4.69) is 4.98 Å². The summed E-state index contributed by atoms with van der Waals surface area (Å²) in [7, 11) is 1.59. The van der Waals surface area contributed by atoms with Crippen molar-refractivity contribution in [2.24, 2.45) is 0 Å². The lowest BCUT2D eigenvalue weighted by Crippen LogP contribution is -2.40. The minimum atomic E-state index is -0.952. The number of likely N-dealkylation sites (tertiary alicyclic amines) is 1. The molecule has 1 unspecified atom stereocenters. The Balaban J connectivity index is 2.00. The SMILES string of the molecule is COc1ccc2cc(C(=O)N3CCCC3C(=O)O)c(C)nc2c1. The quantitative estimate of drug-likeness (QED) is 0.940. The number of rotatable bonds is 3. The van der Waals surface area contributed by atoms with Crippen molar-refractivity contribution in [3.05, 3.63) is 35.5 Å². The first-order valence-electron chi connectivity index (χ1n) is 7.50. The molecule has 0 bridgehead atoms. The summed E-state index contributed by atoms with van der Waals surface area (Å²) in [4.78, 5) is 29.9. The van der Waals surface area contributed by atoms with Crippen molar-refractivity contribution in [2.45, 2.75) is 25.8 Å². The Morgan fingerprint density at radius 1 is 1.35 bits per heavy atom. The highest BCUT2D eigenvalue weighted by molar-refractivity contribution is 6.00. The number of amides is 1. The van der Waals surface area contributed by atoms with Crippen LogP contribution in [0.15, 0.2) is 24.3 Å².